The first-order chi connectivity index (χ1) is 8.47. The summed E-state index contributed by atoms with van der Waals surface area (Å²) in [6.45, 7) is 2.61. The minimum atomic E-state index is -0.942. The second-order valence-electron chi connectivity index (χ2n) is 4.39. The number of hydrogen-bond donors (Lipinski definition) is 2. The van der Waals surface area contributed by atoms with Crippen LogP contribution < -0.4 is 5.32 Å². The van der Waals surface area contributed by atoms with Gasteiger partial charge in [-0.05, 0) is 6.92 Å². The number of nitrogens with zero attached hydrogens (tertiary/aromatic N) is 1. The van der Waals surface area contributed by atoms with E-state index in [0.29, 0.717) is 6.54 Å². The molecule has 3 atom stereocenters. The Labute approximate surface area is 106 Å². The Balaban J connectivity index is 2.50. The molecule has 0 aromatic heterocycles. The molecular formula is C11H20N2O5. The number of carbonyl (C=O) groups is 2. The van der Waals surface area contributed by atoms with E-state index < -0.39 is 17.9 Å². The van der Waals surface area contributed by atoms with Crippen LogP contribution in [0.5, 0.6) is 0 Å². The monoisotopic (exact) mass is 260 g/mol. The van der Waals surface area contributed by atoms with Gasteiger partial charge in [-0.15, -0.1) is 0 Å². The first kappa shape index (κ1) is 14.7. The van der Waals surface area contributed by atoms with Gasteiger partial charge in [0.1, 0.15) is 5.92 Å². The van der Waals surface area contributed by atoms with Crippen molar-refractivity contribution in [2.75, 3.05) is 33.9 Å². The third-order valence-corrected chi connectivity index (χ3v) is 3.13. The van der Waals surface area contributed by atoms with E-state index in [-0.39, 0.29) is 25.3 Å². The van der Waals surface area contributed by atoms with Crippen molar-refractivity contribution in [1.82, 2.24) is 10.2 Å². The second-order valence-corrected chi connectivity index (χ2v) is 4.39. The number of methoxy groups -OCH3 is 1. The predicted molar refractivity (Wildman–Crippen MR) is 63.4 cm³/mol. The molecule has 0 spiro atoms. The van der Waals surface area contributed by atoms with Gasteiger partial charge in [0.2, 0.25) is 0 Å². The molecule has 104 valence electrons. The number of carbonyl (C=O) groups excluding carboxylic acids is 1. The molecule has 0 aromatic rings. The van der Waals surface area contributed by atoms with Crippen molar-refractivity contribution in [3.63, 3.8) is 0 Å². The van der Waals surface area contributed by atoms with Gasteiger partial charge in [-0.3, -0.25) is 4.79 Å². The Morgan fingerprint density at radius 2 is 2.22 bits per heavy atom. The molecule has 0 aromatic carbocycles. The molecule has 3 unspecified atom stereocenters. The topological polar surface area (TPSA) is 88.1 Å². The van der Waals surface area contributed by atoms with Gasteiger partial charge < -0.3 is 24.8 Å². The highest BCUT2D eigenvalue weighted by Crippen LogP contribution is 2.18. The summed E-state index contributed by atoms with van der Waals surface area (Å²) >= 11 is 0. The number of urea groups is 1. The Hall–Kier alpha value is -1.34. The molecular weight excluding hydrogens is 240 g/mol. The van der Waals surface area contributed by atoms with E-state index in [2.05, 4.69) is 5.32 Å². The maximum absolute atomic E-state index is 11.8. The molecule has 1 aliphatic heterocycles. The molecule has 1 rings (SSSR count). The number of carboxylic acids is 1. The highest BCUT2D eigenvalue weighted by molar-refractivity contribution is 5.77. The summed E-state index contributed by atoms with van der Waals surface area (Å²) in [7, 11) is 3.13. The van der Waals surface area contributed by atoms with Crippen LogP contribution in [0, 0.1) is 5.92 Å². The van der Waals surface area contributed by atoms with E-state index in [9.17, 15) is 9.59 Å². The van der Waals surface area contributed by atoms with E-state index >= 15 is 0 Å². The van der Waals surface area contributed by atoms with E-state index in [1.54, 1.807) is 14.2 Å². The standard InChI is InChI=1S/C11H20N2O5/c1-7(17-3)4-12-11(16)13(2)9-6-18-5-8(9)10(14)15/h7-9H,4-6H2,1-3H3,(H,12,16)(H,14,15). The zero-order valence-electron chi connectivity index (χ0n) is 10.9. The summed E-state index contributed by atoms with van der Waals surface area (Å²) in [6.07, 6.45) is -0.0857. The van der Waals surface area contributed by atoms with Crippen LogP contribution in [0.2, 0.25) is 0 Å². The van der Waals surface area contributed by atoms with Crippen LogP contribution in [0.1, 0.15) is 6.92 Å². The van der Waals surface area contributed by atoms with Crippen molar-refractivity contribution in [1.29, 1.82) is 0 Å². The smallest absolute Gasteiger partial charge is 0.317 e. The molecule has 2 N–H and O–H groups in total. The summed E-state index contributed by atoms with van der Waals surface area (Å²) < 4.78 is 10.1. The molecule has 0 aliphatic carbocycles. The second kappa shape index (κ2) is 6.55. The minimum Gasteiger partial charge on any atom is -0.481 e. The fraction of sp³-hybridized carbons (Fsp3) is 0.818. The summed E-state index contributed by atoms with van der Waals surface area (Å²) in [4.78, 5) is 24.2. The van der Waals surface area contributed by atoms with Gasteiger partial charge in [-0.1, -0.05) is 0 Å². The van der Waals surface area contributed by atoms with Gasteiger partial charge >= 0.3 is 12.0 Å². The van der Waals surface area contributed by atoms with Crippen LogP contribution in [0.4, 0.5) is 4.79 Å². The summed E-state index contributed by atoms with van der Waals surface area (Å²) in [5.74, 6) is -1.61. The fourth-order valence-corrected chi connectivity index (χ4v) is 1.75. The van der Waals surface area contributed by atoms with Gasteiger partial charge in [0, 0.05) is 20.7 Å². The molecule has 1 saturated heterocycles. The van der Waals surface area contributed by atoms with Gasteiger partial charge in [0.05, 0.1) is 25.4 Å². The third-order valence-electron chi connectivity index (χ3n) is 3.13. The zero-order valence-corrected chi connectivity index (χ0v) is 10.9. The van der Waals surface area contributed by atoms with Crippen LogP contribution in [-0.2, 0) is 14.3 Å². The molecule has 1 heterocycles. The SMILES string of the molecule is COC(C)CNC(=O)N(C)C1COCC1C(=O)O. The van der Waals surface area contributed by atoms with Crippen molar-refractivity contribution < 1.29 is 24.2 Å². The molecule has 18 heavy (non-hydrogen) atoms. The molecule has 1 aliphatic rings. The van der Waals surface area contributed by atoms with Crippen LogP contribution in [-0.4, -0.2) is 68.1 Å². The lowest BCUT2D eigenvalue weighted by Gasteiger charge is -2.27. The number of rotatable bonds is 5. The molecule has 2 amide bonds. The quantitative estimate of drug-likeness (QED) is 0.712. The minimum absolute atomic E-state index is 0.0857. The normalized spacial score (nSPS) is 24.6. The first-order valence-corrected chi connectivity index (χ1v) is 5.81. The van der Waals surface area contributed by atoms with Crippen molar-refractivity contribution >= 4 is 12.0 Å². The average Bonchev–Trinajstić information content (AvgIpc) is 2.83. The molecule has 7 nitrogen and oxygen atoms in total. The molecule has 7 heteroatoms. The molecule has 0 bridgehead atoms. The van der Waals surface area contributed by atoms with Crippen LogP contribution in [0.15, 0.2) is 0 Å². The molecule has 0 saturated carbocycles. The van der Waals surface area contributed by atoms with Crippen molar-refractivity contribution in [3.8, 4) is 0 Å². The lowest BCUT2D eigenvalue weighted by atomic mass is 10.0. The average molecular weight is 260 g/mol. The Morgan fingerprint density at radius 1 is 1.56 bits per heavy atom. The summed E-state index contributed by atoms with van der Waals surface area (Å²) in [5, 5.41) is 11.7. The number of ether oxygens (including phenoxy) is 2. The van der Waals surface area contributed by atoms with E-state index in [0.717, 1.165) is 0 Å². The van der Waals surface area contributed by atoms with Crippen LogP contribution in [0.25, 0.3) is 0 Å². The maximum atomic E-state index is 11.8. The molecule has 0 radical (unpaired) electrons. The highest BCUT2D eigenvalue weighted by atomic mass is 16.5. The molecule has 1 fully saturated rings. The predicted octanol–water partition coefficient (Wildman–Crippen LogP) is -0.238. The van der Waals surface area contributed by atoms with Gasteiger partial charge in [0.15, 0.2) is 0 Å². The fourth-order valence-electron chi connectivity index (χ4n) is 1.75. The largest absolute Gasteiger partial charge is 0.481 e. The number of carboxylic acid groups (broad SMARTS) is 1. The lowest BCUT2D eigenvalue weighted by molar-refractivity contribution is -0.142. The number of likely N-dealkylation sites (N-methyl/N-ethyl adjacent to an activating group) is 1. The van der Waals surface area contributed by atoms with E-state index in [1.807, 2.05) is 6.92 Å². The van der Waals surface area contributed by atoms with Gasteiger partial charge in [-0.2, -0.15) is 0 Å². The van der Waals surface area contributed by atoms with Crippen molar-refractivity contribution in [2.24, 2.45) is 5.92 Å². The summed E-state index contributed by atoms with van der Waals surface area (Å²) in [5.41, 5.74) is 0. The number of aliphatic carboxylic acids is 1. The number of nitrogens with one attached hydrogen (secondary N) is 1. The summed E-state index contributed by atoms with van der Waals surface area (Å²) in [6, 6.07) is -0.749. The van der Waals surface area contributed by atoms with Crippen LogP contribution in [0.3, 0.4) is 0 Å². The first-order valence-electron chi connectivity index (χ1n) is 5.81. The Morgan fingerprint density at radius 3 is 2.78 bits per heavy atom. The lowest BCUT2D eigenvalue weighted by Crippen LogP contribution is -2.49. The Bertz CT molecular complexity index is 310. The van der Waals surface area contributed by atoms with E-state index in [4.69, 9.17) is 14.6 Å². The van der Waals surface area contributed by atoms with Gasteiger partial charge in [-0.25, -0.2) is 4.79 Å². The Kier molecular flexibility index (Phi) is 5.36. The highest BCUT2D eigenvalue weighted by Gasteiger charge is 2.38. The maximum Gasteiger partial charge on any atom is 0.317 e. The van der Waals surface area contributed by atoms with Crippen LogP contribution >= 0.6 is 0 Å². The van der Waals surface area contributed by atoms with Crippen molar-refractivity contribution in [3.05, 3.63) is 0 Å². The third kappa shape index (κ3) is 3.58. The number of hydrogen-bond acceptors (Lipinski definition) is 4. The van der Waals surface area contributed by atoms with Crippen molar-refractivity contribution in [2.45, 2.75) is 19.1 Å². The van der Waals surface area contributed by atoms with Gasteiger partial charge in [0.25, 0.3) is 0 Å². The van der Waals surface area contributed by atoms with E-state index in [1.165, 1.54) is 4.90 Å². The zero-order chi connectivity index (χ0) is 13.7. The number of amides is 2.